The zero-order valence-electron chi connectivity index (χ0n) is 14.6. The number of rotatable bonds is 3. The number of halogens is 2. The molecular formula is C17H23ClIN3O3. The average molecular weight is 480 g/mol. The molecule has 1 fully saturated rings. The van der Waals surface area contributed by atoms with Crippen molar-refractivity contribution in [3.63, 3.8) is 0 Å². The zero-order valence-corrected chi connectivity index (χ0v) is 17.5. The van der Waals surface area contributed by atoms with Crippen molar-refractivity contribution < 1.29 is 14.3 Å². The Labute approximate surface area is 166 Å². The van der Waals surface area contributed by atoms with Crippen LogP contribution in [-0.4, -0.2) is 28.6 Å². The second-order valence-electron chi connectivity index (χ2n) is 7.24. The Morgan fingerprint density at radius 3 is 2.72 bits per heavy atom. The average Bonchev–Trinajstić information content (AvgIpc) is 2.49. The maximum atomic E-state index is 12.5. The first-order chi connectivity index (χ1) is 11.6. The molecule has 1 heterocycles. The summed E-state index contributed by atoms with van der Waals surface area (Å²) in [7, 11) is 0. The van der Waals surface area contributed by atoms with Gasteiger partial charge in [-0.3, -0.25) is 4.79 Å². The van der Waals surface area contributed by atoms with Crippen LogP contribution in [0.2, 0.25) is 5.02 Å². The van der Waals surface area contributed by atoms with Crippen LogP contribution >= 0.6 is 34.2 Å². The lowest BCUT2D eigenvalue weighted by atomic mass is 9.86. The molecule has 25 heavy (non-hydrogen) atoms. The molecule has 1 aromatic rings. The van der Waals surface area contributed by atoms with E-state index in [1.807, 2.05) is 20.8 Å². The van der Waals surface area contributed by atoms with Gasteiger partial charge in [-0.2, -0.15) is 0 Å². The second kappa shape index (κ2) is 8.53. The van der Waals surface area contributed by atoms with Gasteiger partial charge in [0.15, 0.2) is 0 Å². The predicted octanol–water partition coefficient (Wildman–Crippen LogP) is 4.36. The van der Waals surface area contributed by atoms with Gasteiger partial charge in [0.25, 0.3) is 0 Å². The highest BCUT2D eigenvalue weighted by Crippen LogP contribution is 2.28. The van der Waals surface area contributed by atoms with Crippen molar-refractivity contribution in [1.29, 1.82) is 0 Å². The Kier molecular flexibility index (Phi) is 6.90. The molecule has 2 N–H and O–H groups in total. The minimum absolute atomic E-state index is 0.102. The third-order valence-electron chi connectivity index (χ3n) is 3.81. The van der Waals surface area contributed by atoms with E-state index in [0.29, 0.717) is 17.3 Å². The minimum atomic E-state index is -0.438. The van der Waals surface area contributed by atoms with E-state index >= 15 is 0 Å². The molecule has 0 unspecified atom stereocenters. The lowest BCUT2D eigenvalue weighted by molar-refractivity contribution is -0.122. The van der Waals surface area contributed by atoms with Crippen molar-refractivity contribution in [2.75, 3.05) is 5.32 Å². The van der Waals surface area contributed by atoms with Gasteiger partial charge in [-0.1, -0.05) is 11.6 Å². The summed E-state index contributed by atoms with van der Waals surface area (Å²) < 4.78 is 6.30. The Morgan fingerprint density at radius 2 is 2.08 bits per heavy atom. The standard InChI is InChI=1S/C17H23ClIN3O3/c1-17(2,3)22-16(24)25-11-6-4-5-10(7-11)15(23)21-14-8-13(19)12(18)9-20-14/h8-11H,4-7H2,1-3H3,(H,22,24)(H,20,21,23)/t10-,11+/m1/s1. The summed E-state index contributed by atoms with van der Waals surface area (Å²) >= 11 is 8.03. The summed E-state index contributed by atoms with van der Waals surface area (Å²) in [6.07, 6.45) is 3.75. The van der Waals surface area contributed by atoms with E-state index < -0.39 is 6.09 Å². The molecule has 0 spiro atoms. The normalized spacial score (nSPS) is 20.7. The molecule has 2 amide bonds. The SMILES string of the molecule is CC(C)(C)NC(=O)O[C@H]1CCC[C@@H](C(=O)Nc2cc(I)c(Cl)cn2)C1. The number of pyridine rings is 1. The number of carbonyl (C=O) groups is 2. The third-order valence-corrected chi connectivity index (χ3v) is 5.32. The largest absolute Gasteiger partial charge is 0.446 e. The topological polar surface area (TPSA) is 80.3 Å². The van der Waals surface area contributed by atoms with Gasteiger partial charge in [0.1, 0.15) is 11.9 Å². The van der Waals surface area contributed by atoms with Crippen LogP contribution in [0.15, 0.2) is 12.3 Å². The smallest absolute Gasteiger partial charge is 0.407 e. The number of amides is 2. The molecule has 0 aliphatic heterocycles. The molecule has 0 bridgehead atoms. The van der Waals surface area contributed by atoms with Crippen LogP contribution in [0.3, 0.4) is 0 Å². The first-order valence-corrected chi connectivity index (χ1v) is 9.70. The molecule has 6 nitrogen and oxygen atoms in total. The van der Waals surface area contributed by atoms with Crippen LogP contribution in [0.1, 0.15) is 46.5 Å². The van der Waals surface area contributed by atoms with Gasteiger partial charge in [0.05, 0.1) is 5.02 Å². The Morgan fingerprint density at radius 1 is 1.36 bits per heavy atom. The van der Waals surface area contributed by atoms with Crippen molar-refractivity contribution in [2.45, 2.75) is 58.1 Å². The highest BCUT2D eigenvalue weighted by Gasteiger charge is 2.30. The molecule has 2 atom stereocenters. The summed E-state index contributed by atoms with van der Waals surface area (Å²) in [5.41, 5.74) is -0.347. The number of alkyl carbamates (subject to hydrolysis) is 1. The lowest BCUT2D eigenvalue weighted by Crippen LogP contribution is -2.43. The summed E-state index contributed by atoms with van der Waals surface area (Å²) in [4.78, 5) is 28.5. The predicted molar refractivity (Wildman–Crippen MR) is 106 cm³/mol. The Balaban J connectivity index is 1.90. The van der Waals surface area contributed by atoms with Gasteiger partial charge in [-0.25, -0.2) is 9.78 Å². The number of hydrogen-bond donors (Lipinski definition) is 2. The van der Waals surface area contributed by atoms with Crippen molar-refractivity contribution in [3.05, 3.63) is 20.9 Å². The van der Waals surface area contributed by atoms with Crippen molar-refractivity contribution in [3.8, 4) is 0 Å². The van der Waals surface area contributed by atoms with E-state index in [1.54, 1.807) is 6.07 Å². The fourth-order valence-electron chi connectivity index (χ4n) is 2.69. The van der Waals surface area contributed by atoms with E-state index in [2.05, 4.69) is 38.2 Å². The van der Waals surface area contributed by atoms with Gasteiger partial charge < -0.3 is 15.4 Å². The van der Waals surface area contributed by atoms with Crippen molar-refractivity contribution >= 4 is 52.0 Å². The molecule has 0 saturated heterocycles. The third kappa shape index (κ3) is 6.62. The van der Waals surface area contributed by atoms with Crippen LogP contribution in [-0.2, 0) is 9.53 Å². The number of anilines is 1. The zero-order chi connectivity index (χ0) is 18.6. The second-order valence-corrected chi connectivity index (χ2v) is 8.81. The van der Waals surface area contributed by atoms with Gasteiger partial charge in [0.2, 0.25) is 5.91 Å². The van der Waals surface area contributed by atoms with Crippen LogP contribution in [0.5, 0.6) is 0 Å². The highest BCUT2D eigenvalue weighted by molar-refractivity contribution is 14.1. The maximum absolute atomic E-state index is 12.5. The van der Waals surface area contributed by atoms with E-state index in [4.69, 9.17) is 16.3 Å². The van der Waals surface area contributed by atoms with Crippen LogP contribution < -0.4 is 10.6 Å². The quantitative estimate of drug-likeness (QED) is 0.631. The van der Waals surface area contributed by atoms with Gasteiger partial charge in [-0.05, 0) is 75.1 Å². The lowest BCUT2D eigenvalue weighted by Gasteiger charge is -2.29. The van der Waals surface area contributed by atoms with Gasteiger partial charge in [-0.15, -0.1) is 0 Å². The monoisotopic (exact) mass is 479 g/mol. The van der Waals surface area contributed by atoms with E-state index in [9.17, 15) is 9.59 Å². The molecular weight excluding hydrogens is 457 g/mol. The molecule has 2 rings (SSSR count). The Bertz CT molecular complexity index is 649. The van der Waals surface area contributed by atoms with Gasteiger partial charge >= 0.3 is 6.09 Å². The van der Waals surface area contributed by atoms with E-state index in [1.165, 1.54) is 6.20 Å². The number of hydrogen-bond acceptors (Lipinski definition) is 4. The molecule has 1 aromatic heterocycles. The van der Waals surface area contributed by atoms with Gasteiger partial charge in [0, 0.05) is 21.2 Å². The number of carbonyl (C=O) groups excluding carboxylic acids is 2. The van der Waals surface area contributed by atoms with Crippen LogP contribution in [0.25, 0.3) is 0 Å². The number of nitrogens with zero attached hydrogens (tertiary/aromatic N) is 1. The number of ether oxygens (including phenoxy) is 1. The molecule has 1 aliphatic rings. The first-order valence-electron chi connectivity index (χ1n) is 8.25. The molecule has 1 aliphatic carbocycles. The molecule has 1 saturated carbocycles. The maximum Gasteiger partial charge on any atom is 0.407 e. The number of aromatic nitrogens is 1. The molecule has 0 radical (unpaired) electrons. The molecule has 0 aromatic carbocycles. The fourth-order valence-corrected chi connectivity index (χ4v) is 3.23. The summed E-state index contributed by atoms with van der Waals surface area (Å²) in [5, 5.41) is 6.15. The van der Waals surface area contributed by atoms with Crippen LogP contribution in [0, 0.1) is 9.49 Å². The molecule has 138 valence electrons. The van der Waals surface area contributed by atoms with Crippen molar-refractivity contribution in [1.82, 2.24) is 10.3 Å². The Hall–Kier alpha value is -1.09. The fraction of sp³-hybridized carbons (Fsp3) is 0.588. The molecule has 8 heteroatoms. The first kappa shape index (κ1) is 20.2. The summed E-state index contributed by atoms with van der Waals surface area (Å²) in [5.74, 6) is 0.179. The summed E-state index contributed by atoms with van der Waals surface area (Å²) in [6.45, 7) is 5.68. The van der Waals surface area contributed by atoms with E-state index in [-0.39, 0.29) is 23.5 Å². The number of nitrogens with one attached hydrogen (secondary N) is 2. The van der Waals surface area contributed by atoms with Crippen LogP contribution in [0.4, 0.5) is 10.6 Å². The highest BCUT2D eigenvalue weighted by atomic mass is 127. The van der Waals surface area contributed by atoms with Crippen molar-refractivity contribution in [2.24, 2.45) is 5.92 Å². The minimum Gasteiger partial charge on any atom is -0.446 e. The van der Waals surface area contributed by atoms with E-state index in [0.717, 1.165) is 22.8 Å². The summed E-state index contributed by atoms with van der Waals surface area (Å²) in [6, 6.07) is 1.73.